The summed E-state index contributed by atoms with van der Waals surface area (Å²) in [5, 5.41) is 31.2. The lowest BCUT2D eigenvalue weighted by molar-refractivity contribution is 0.0318. The number of benzene rings is 2. The van der Waals surface area contributed by atoms with Crippen molar-refractivity contribution in [3.63, 3.8) is 0 Å². The topological polar surface area (TPSA) is 60.7 Å². The maximum absolute atomic E-state index is 10.6. The molecule has 3 nitrogen and oxygen atoms in total. The van der Waals surface area contributed by atoms with Crippen LogP contribution in [0, 0.1) is 5.92 Å². The Morgan fingerprint density at radius 1 is 1.15 bits per heavy atom. The first-order chi connectivity index (χ1) is 13.0. The summed E-state index contributed by atoms with van der Waals surface area (Å²) in [6.07, 6.45) is 4.13. The molecule has 0 spiro atoms. The molecule has 2 aromatic carbocycles. The van der Waals surface area contributed by atoms with Gasteiger partial charge in [-0.3, -0.25) is 0 Å². The normalized spacial score (nSPS) is 15.2. The van der Waals surface area contributed by atoms with E-state index >= 15 is 0 Å². The Kier molecular flexibility index (Phi) is 8.11. The number of phenols is 1. The molecule has 2 rings (SSSR count). The maximum atomic E-state index is 10.6. The highest BCUT2D eigenvalue weighted by Crippen LogP contribution is 2.30. The van der Waals surface area contributed by atoms with Gasteiger partial charge in [-0.15, -0.1) is 6.58 Å². The Labute approximate surface area is 166 Å². The molecule has 0 unspecified atom stereocenters. The smallest absolute Gasteiger partial charge is 0.117 e. The number of aliphatic hydroxyl groups excluding tert-OH is 2. The zero-order valence-corrected chi connectivity index (χ0v) is 16.3. The molecule has 144 valence electrons. The zero-order valence-electron chi connectivity index (χ0n) is 15.6. The van der Waals surface area contributed by atoms with E-state index in [1.807, 2.05) is 36.4 Å². The molecule has 0 aliphatic carbocycles. The minimum absolute atomic E-state index is 0.134. The number of phenolic OH excluding ortho intramolecular Hbond substituents is 1. The van der Waals surface area contributed by atoms with E-state index in [9.17, 15) is 15.3 Å². The molecule has 0 saturated heterocycles. The van der Waals surface area contributed by atoms with E-state index in [1.54, 1.807) is 18.2 Å². The molecule has 0 fully saturated rings. The SMILES string of the molecule is C=C[C@H]([C@H](O)CC/C(=C/c1ccc(O)cc1Cl)CC)[C@H](O)c1ccccc1. The lowest BCUT2D eigenvalue weighted by atomic mass is 9.87. The second kappa shape index (κ2) is 10.3. The van der Waals surface area contributed by atoms with Crippen molar-refractivity contribution in [2.75, 3.05) is 0 Å². The molecule has 0 heterocycles. The quantitative estimate of drug-likeness (QED) is 0.497. The van der Waals surface area contributed by atoms with Crippen LogP contribution >= 0.6 is 11.6 Å². The van der Waals surface area contributed by atoms with E-state index in [2.05, 4.69) is 13.5 Å². The van der Waals surface area contributed by atoms with Gasteiger partial charge in [-0.25, -0.2) is 0 Å². The average Bonchev–Trinajstić information content (AvgIpc) is 2.67. The van der Waals surface area contributed by atoms with Gasteiger partial charge in [0, 0.05) is 5.92 Å². The molecule has 2 aromatic rings. The van der Waals surface area contributed by atoms with Gasteiger partial charge in [0.2, 0.25) is 0 Å². The van der Waals surface area contributed by atoms with Gasteiger partial charge in [0.1, 0.15) is 5.75 Å². The first-order valence-electron chi connectivity index (χ1n) is 9.17. The lowest BCUT2D eigenvalue weighted by Crippen LogP contribution is -2.25. The molecular weight excluding hydrogens is 360 g/mol. The predicted molar refractivity (Wildman–Crippen MR) is 112 cm³/mol. The molecule has 3 N–H and O–H groups in total. The Bertz CT molecular complexity index is 770. The van der Waals surface area contributed by atoms with E-state index in [4.69, 9.17) is 11.6 Å². The number of allylic oxidation sites excluding steroid dienone is 1. The van der Waals surface area contributed by atoms with Crippen molar-refractivity contribution in [3.05, 3.63) is 82.9 Å². The van der Waals surface area contributed by atoms with Crippen molar-refractivity contribution >= 4 is 17.7 Å². The third kappa shape index (κ3) is 5.96. The van der Waals surface area contributed by atoms with Crippen LogP contribution in [0.3, 0.4) is 0 Å². The first-order valence-corrected chi connectivity index (χ1v) is 9.55. The molecule has 0 aromatic heterocycles. The van der Waals surface area contributed by atoms with Crippen molar-refractivity contribution in [1.82, 2.24) is 0 Å². The monoisotopic (exact) mass is 386 g/mol. The van der Waals surface area contributed by atoms with Crippen LogP contribution in [0.25, 0.3) is 6.08 Å². The standard InChI is InChI=1S/C23H27ClO3/c1-3-16(14-18-11-12-19(25)15-21(18)24)10-13-22(26)20(4-2)23(27)17-8-6-5-7-9-17/h4-9,11-12,14-15,20,22-23,25-27H,2-3,10,13H2,1H3/b16-14+/t20-,22-,23-/m1/s1. The van der Waals surface area contributed by atoms with Gasteiger partial charge < -0.3 is 15.3 Å². The maximum Gasteiger partial charge on any atom is 0.117 e. The fourth-order valence-electron chi connectivity index (χ4n) is 3.10. The highest BCUT2D eigenvalue weighted by atomic mass is 35.5. The number of rotatable bonds is 9. The summed E-state index contributed by atoms with van der Waals surface area (Å²) in [7, 11) is 0. The Morgan fingerprint density at radius 3 is 2.44 bits per heavy atom. The van der Waals surface area contributed by atoms with Crippen LogP contribution in [0.15, 0.2) is 66.8 Å². The summed E-state index contributed by atoms with van der Waals surface area (Å²) < 4.78 is 0. The van der Waals surface area contributed by atoms with Gasteiger partial charge in [-0.05, 0) is 48.6 Å². The number of hydrogen-bond donors (Lipinski definition) is 3. The van der Waals surface area contributed by atoms with E-state index in [1.165, 1.54) is 6.07 Å². The third-order valence-electron chi connectivity index (χ3n) is 4.78. The summed E-state index contributed by atoms with van der Waals surface area (Å²) in [5.74, 6) is -0.308. The first kappa shape index (κ1) is 21.2. The molecule has 3 atom stereocenters. The Balaban J connectivity index is 2.05. The Hall–Kier alpha value is -2.07. The van der Waals surface area contributed by atoms with Crippen LogP contribution in [-0.2, 0) is 0 Å². The minimum atomic E-state index is -0.792. The number of hydrogen-bond acceptors (Lipinski definition) is 3. The predicted octanol–water partition coefficient (Wildman–Crippen LogP) is 5.52. The second-order valence-corrected chi connectivity index (χ2v) is 7.04. The van der Waals surface area contributed by atoms with Crippen LogP contribution < -0.4 is 0 Å². The van der Waals surface area contributed by atoms with Crippen LogP contribution in [0.2, 0.25) is 5.02 Å². The van der Waals surface area contributed by atoms with Gasteiger partial charge >= 0.3 is 0 Å². The Morgan fingerprint density at radius 2 is 1.85 bits per heavy atom. The van der Waals surface area contributed by atoms with E-state index in [-0.39, 0.29) is 5.75 Å². The van der Waals surface area contributed by atoms with Gasteiger partial charge in [0.25, 0.3) is 0 Å². The van der Waals surface area contributed by atoms with Gasteiger partial charge in [-0.1, -0.05) is 66.6 Å². The van der Waals surface area contributed by atoms with Crippen LogP contribution in [0.1, 0.15) is 43.4 Å². The van der Waals surface area contributed by atoms with Crippen LogP contribution in [-0.4, -0.2) is 21.4 Å². The molecule has 0 amide bonds. The largest absolute Gasteiger partial charge is 0.508 e. The van der Waals surface area contributed by atoms with Crippen molar-refractivity contribution in [2.24, 2.45) is 5.92 Å². The van der Waals surface area contributed by atoms with E-state index in [0.717, 1.165) is 23.1 Å². The lowest BCUT2D eigenvalue weighted by Gasteiger charge is -2.25. The molecule has 0 saturated carbocycles. The van der Waals surface area contributed by atoms with Crippen molar-refractivity contribution in [3.8, 4) is 5.75 Å². The molecule has 27 heavy (non-hydrogen) atoms. The third-order valence-corrected chi connectivity index (χ3v) is 5.11. The fourth-order valence-corrected chi connectivity index (χ4v) is 3.33. The minimum Gasteiger partial charge on any atom is -0.508 e. The van der Waals surface area contributed by atoms with Crippen molar-refractivity contribution in [2.45, 2.75) is 38.4 Å². The number of halogens is 1. The van der Waals surface area contributed by atoms with E-state index < -0.39 is 18.1 Å². The average molecular weight is 387 g/mol. The highest BCUT2D eigenvalue weighted by Gasteiger charge is 2.25. The zero-order chi connectivity index (χ0) is 19.8. The summed E-state index contributed by atoms with van der Waals surface area (Å²) >= 11 is 6.18. The molecule has 0 bridgehead atoms. The fraction of sp³-hybridized carbons (Fsp3) is 0.304. The summed E-state index contributed by atoms with van der Waals surface area (Å²) in [4.78, 5) is 0. The molecule has 4 heteroatoms. The summed E-state index contributed by atoms with van der Waals surface area (Å²) in [5.41, 5.74) is 2.74. The van der Waals surface area contributed by atoms with Gasteiger partial charge in [-0.2, -0.15) is 0 Å². The molecular formula is C23H27ClO3. The summed E-state index contributed by atoms with van der Waals surface area (Å²) in [6.45, 7) is 5.84. The molecule has 0 aliphatic heterocycles. The van der Waals surface area contributed by atoms with Crippen molar-refractivity contribution < 1.29 is 15.3 Å². The number of aromatic hydroxyl groups is 1. The van der Waals surface area contributed by atoms with Crippen LogP contribution in [0.5, 0.6) is 5.75 Å². The van der Waals surface area contributed by atoms with Crippen molar-refractivity contribution in [1.29, 1.82) is 0 Å². The molecule has 0 radical (unpaired) electrons. The van der Waals surface area contributed by atoms with Gasteiger partial charge in [0.05, 0.1) is 17.2 Å². The van der Waals surface area contributed by atoms with Crippen LogP contribution in [0.4, 0.5) is 0 Å². The highest BCUT2D eigenvalue weighted by molar-refractivity contribution is 6.32. The molecule has 0 aliphatic rings. The second-order valence-electron chi connectivity index (χ2n) is 6.64. The number of aliphatic hydroxyl groups is 2. The summed E-state index contributed by atoms with van der Waals surface area (Å²) in [6, 6.07) is 14.2. The van der Waals surface area contributed by atoms with Gasteiger partial charge in [0.15, 0.2) is 0 Å². The van der Waals surface area contributed by atoms with E-state index in [0.29, 0.717) is 17.9 Å².